The number of ether oxygens (including phenoxy) is 2. The predicted molar refractivity (Wildman–Crippen MR) is 136 cm³/mol. The Balaban J connectivity index is 1.53. The highest BCUT2D eigenvalue weighted by Gasteiger charge is 2.19. The molecule has 0 radical (unpaired) electrons. The first-order chi connectivity index (χ1) is 16.5. The van der Waals surface area contributed by atoms with Gasteiger partial charge in [-0.15, -0.1) is 0 Å². The van der Waals surface area contributed by atoms with Gasteiger partial charge in [0.15, 0.2) is 0 Å². The Hall–Kier alpha value is -3.00. The molecular weight excluding hydrogens is 452 g/mol. The lowest BCUT2D eigenvalue weighted by Gasteiger charge is -2.30. The fourth-order valence-corrected chi connectivity index (χ4v) is 4.44. The molecule has 8 nitrogen and oxygen atoms in total. The minimum atomic E-state index is 0.108. The van der Waals surface area contributed by atoms with E-state index >= 15 is 0 Å². The topological polar surface area (TPSA) is 84.4 Å². The van der Waals surface area contributed by atoms with Crippen molar-refractivity contribution in [1.29, 1.82) is 0 Å². The van der Waals surface area contributed by atoms with Gasteiger partial charge >= 0.3 is 6.01 Å². The van der Waals surface area contributed by atoms with E-state index in [-0.39, 0.29) is 12.1 Å². The van der Waals surface area contributed by atoms with Gasteiger partial charge in [-0.05, 0) is 44.0 Å². The Bertz CT molecular complexity index is 1040. The minimum absolute atomic E-state index is 0.108. The molecule has 1 aromatic carbocycles. The first-order valence-corrected chi connectivity index (χ1v) is 12.2. The number of aromatic nitrogens is 3. The lowest BCUT2D eigenvalue weighted by molar-refractivity contribution is 0.207. The van der Waals surface area contributed by atoms with Crippen LogP contribution in [0.3, 0.4) is 0 Å². The van der Waals surface area contributed by atoms with Crippen molar-refractivity contribution in [2.45, 2.75) is 57.5 Å². The van der Waals surface area contributed by atoms with Crippen molar-refractivity contribution in [2.24, 2.45) is 0 Å². The first-order valence-electron chi connectivity index (χ1n) is 11.9. The molecule has 4 rings (SSSR count). The zero-order valence-corrected chi connectivity index (χ0v) is 20.8. The smallest absolute Gasteiger partial charge is 0.323 e. The average molecular weight is 485 g/mol. The highest BCUT2D eigenvalue weighted by molar-refractivity contribution is 6.32. The molecule has 1 atom stereocenters. The molecule has 0 bridgehead atoms. The van der Waals surface area contributed by atoms with Gasteiger partial charge in [0.25, 0.3) is 0 Å². The number of hydrogen-bond donors (Lipinski definition) is 2. The molecule has 34 heavy (non-hydrogen) atoms. The highest BCUT2D eigenvalue weighted by Crippen LogP contribution is 2.29. The zero-order valence-electron chi connectivity index (χ0n) is 20.1. The van der Waals surface area contributed by atoms with Crippen LogP contribution in [0.15, 0.2) is 42.1 Å². The lowest BCUT2D eigenvalue weighted by atomic mass is 10.1. The molecular formula is C25H33ClN6O2. The van der Waals surface area contributed by atoms with E-state index in [2.05, 4.69) is 62.7 Å². The summed E-state index contributed by atoms with van der Waals surface area (Å²) in [6.45, 7) is 2.51. The molecule has 1 saturated carbocycles. The van der Waals surface area contributed by atoms with Gasteiger partial charge in [0.05, 0.1) is 18.2 Å². The quantitative estimate of drug-likeness (QED) is 0.471. The third-order valence-electron chi connectivity index (χ3n) is 6.32. The van der Waals surface area contributed by atoms with Crippen LogP contribution in [0, 0.1) is 0 Å². The molecule has 1 fully saturated rings. The lowest BCUT2D eigenvalue weighted by Crippen LogP contribution is -2.35. The van der Waals surface area contributed by atoms with Crippen LogP contribution in [0.1, 0.15) is 45.4 Å². The summed E-state index contributed by atoms with van der Waals surface area (Å²) in [6, 6.07) is 6.18. The number of hydrogen-bond acceptors (Lipinski definition) is 8. The molecule has 2 aliphatic rings. The Labute approximate surface area is 206 Å². The van der Waals surface area contributed by atoms with Crippen LogP contribution in [0.5, 0.6) is 11.8 Å². The fraction of sp³-hybridized carbons (Fsp3) is 0.480. The third-order valence-corrected chi connectivity index (χ3v) is 6.61. The van der Waals surface area contributed by atoms with Crippen molar-refractivity contribution in [3.05, 3.63) is 47.1 Å². The van der Waals surface area contributed by atoms with Crippen molar-refractivity contribution in [3.63, 3.8) is 0 Å². The van der Waals surface area contributed by atoms with Crippen molar-refractivity contribution < 1.29 is 9.47 Å². The van der Waals surface area contributed by atoms with Gasteiger partial charge in [-0.2, -0.15) is 15.0 Å². The van der Waals surface area contributed by atoms with E-state index < -0.39 is 0 Å². The number of rotatable bonds is 8. The number of allylic oxidation sites excluding steroid dienone is 3. The molecule has 9 heteroatoms. The molecule has 1 aromatic heterocycles. The number of benzene rings is 1. The third kappa shape index (κ3) is 6.32. The molecule has 1 unspecified atom stereocenters. The van der Waals surface area contributed by atoms with Crippen LogP contribution in [-0.4, -0.2) is 52.7 Å². The monoisotopic (exact) mass is 484 g/mol. The summed E-state index contributed by atoms with van der Waals surface area (Å²) in [4.78, 5) is 15.9. The second kappa shape index (κ2) is 11.4. The normalized spacial score (nSPS) is 18.8. The van der Waals surface area contributed by atoms with Crippen LogP contribution in [0.4, 0.5) is 17.6 Å². The Morgan fingerprint density at radius 1 is 1.09 bits per heavy atom. The van der Waals surface area contributed by atoms with Gasteiger partial charge in [0, 0.05) is 24.5 Å². The SMILES string of the molecule is COc1ccc(Nc2nc(NC3CCCCCC3)nc(OCC3C=CC=C(C)N3C)n2)cc1Cl. The van der Waals surface area contributed by atoms with Crippen LogP contribution >= 0.6 is 11.6 Å². The van der Waals surface area contributed by atoms with E-state index in [1.807, 2.05) is 6.07 Å². The molecule has 1 aliphatic heterocycles. The van der Waals surface area contributed by atoms with Gasteiger partial charge in [0.2, 0.25) is 11.9 Å². The highest BCUT2D eigenvalue weighted by atomic mass is 35.5. The molecule has 182 valence electrons. The molecule has 1 aliphatic carbocycles. The van der Waals surface area contributed by atoms with Gasteiger partial charge < -0.3 is 25.0 Å². The Morgan fingerprint density at radius 3 is 2.59 bits per heavy atom. The molecule has 0 spiro atoms. The standard InChI is InChI=1S/C25H33ClN6O2/c1-17-9-8-12-20(32(17)2)16-34-25-30-23(27-18-10-6-4-5-7-11-18)29-24(31-25)28-19-13-14-22(33-3)21(26)15-19/h8-9,12-15,18,20H,4-7,10-11,16H2,1-3H3,(H2,27,28,29,30,31). The maximum absolute atomic E-state index is 6.29. The summed E-state index contributed by atoms with van der Waals surface area (Å²) in [5.74, 6) is 1.52. The predicted octanol–water partition coefficient (Wildman–Crippen LogP) is 5.56. The van der Waals surface area contributed by atoms with Crippen LogP contribution < -0.4 is 20.1 Å². The van der Waals surface area contributed by atoms with Crippen molar-refractivity contribution in [1.82, 2.24) is 19.9 Å². The van der Waals surface area contributed by atoms with E-state index in [9.17, 15) is 0 Å². The Morgan fingerprint density at radius 2 is 1.85 bits per heavy atom. The molecule has 0 saturated heterocycles. The number of nitrogens with one attached hydrogen (secondary N) is 2. The van der Waals surface area contributed by atoms with E-state index in [4.69, 9.17) is 21.1 Å². The largest absolute Gasteiger partial charge is 0.495 e. The summed E-state index contributed by atoms with van der Waals surface area (Å²) in [7, 11) is 3.64. The van der Waals surface area contributed by atoms with Crippen LogP contribution in [0.2, 0.25) is 5.02 Å². The van der Waals surface area contributed by atoms with Crippen molar-refractivity contribution in [3.8, 4) is 11.8 Å². The summed E-state index contributed by atoms with van der Waals surface area (Å²) < 4.78 is 11.3. The molecule has 2 N–H and O–H groups in total. The average Bonchev–Trinajstić information content (AvgIpc) is 3.09. The summed E-state index contributed by atoms with van der Waals surface area (Å²) >= 11 is 6.29. The van der Waals surface area contributed by atoms with Crippen molar-refractivity contribution in [2.75, 3.05) is 31.4 Å². The second-order valence-electron chi connectivity index (χ2n) is 8.75. The summed E-state index contributed by atoms with van der Waals surface area (Å²) in [6.07, 6.45) is 13.5. The van der Waals surface area contributed by atoms with Crippen molar-refractivity contribution >= 4 is 29.2 Å². The van der Waals surface area contributed by atoms with Crippen LogP contribution in [0.25, 0.3) is 0 Å². The summed E-state index contributed by atoms with van der Waals surface area (Å²) in [5, 5.41) is 7.24. The van der Waals surface area contributed by atoms with E-state index in [0.29, 0.717) is 35.3 Å². The van der Waals surface area contributed by atoms with Gasteiger partial charge in [0.1, 0.15) is 12.4 Å². The van der Waals surface area contributed by atoms with Crippen LogP contribution in [-0.2, 0) is 0 Å². The number of halogens is 1. The zero-order chi connectivity index (χ0) is 23.9. The number of methoxy groups -OCH3 is 1. The van der Waals surface area contributed by atoms with Gasteiger partial charge in [-0.1, -0.05) is 49.4 Å². The number of anilines is 3. The maximum atomic E-state index is 6.29. The molecule has 2 heterocycles. The number of nitrogens with zero attached hydrogens (tertiary/aromatic N) is 4. The molecule has 2 aromatic rings. The van der Waals surface area contributed by atoms with Gasteiger partial charge in [-0.25, -0.2) is 0 Å². The maximum Gasteiger partial charge on any atom is 0.323 e. The number of likely N-dealkylation sites (N-methyl/N-ethyl adjacent to an activating group) is 1. The Kier molecular flexibility index (Phi) is 8.11. The second-order valence-corrected chi connectivity index (χ2v) is 9.16. The molecule has 0 amide bonds. The van der Waals surface area contributed by atoms with E-state index in [0.717, 1.165) is 18.5 Å². The minimum Gasteiger partial charge on any atom is -0.495 e. The first kappa shape index (κ1) is 24.1. The summed E-state index contributed by atoms with van der Waals surface area (Å²) in [5.41, 5.74) is 1.93. The van der Waals surface area contributed by atoms with Gasteiger partial charge in [-0.3, -0.25) is 0 Å². The fourth-order valence-electron chi connectivity index (χ4n) is 4.18. The van der Waals surface area contributed by atoms with E-state index in [1.54, 1.807) is 19.2 Å². The van der Waals surface area contributed by atoms with E-state index in [1.165, 1.54) is 31.4 Å².